The van der Waals surface area contributed by atoms with Crippen molar-refractivity contribution in [1.29, 1.82) is 5.26 Å². The summed E-state index contributed by atoms with van der Waals surface area (Å²) in [5.41, 5.74) is 2.86. The highest BCUT2D eigenvalue weighted by molar-refractivity contribution is 5.91. The molecule has 162 valence electrons. The first-order chi connectivity index (χ1) is 15.2. The van der Waals surface area contributed by atoms with Gasteiger partial charge in [-0.3, -0.25) is 4.90 Å². The highest BCUT2D eigenvalue weighted by atomic mass is 19.1. The largest absolute Gasteiger partial charge is 0.495 e. The van der Waals surface area contributed by atoms with Crippen molar-refractivity contribution in [3.63, 3.8) is 0 Å². The lowest BCUT2D eigenvalue weighted by Gasteiger charge is -2.22. The van der Waals surface area contributed by atoms with E-state index in [2.05, 4.69) is 20.4 Å². The smallest absolute Gasteiger partial charge is 0.143 e. The molecule has 0 saturated carbocycles. The number of methoxy groups -OCH3 is 1. The van der Waals surface area contributed by atoms with E-state index in [1.807, 2.05) is 36.5 Å². The fourth-order valence-electron chi connectivity index (χ4n) is 4.47. The Bertz CT molecular complexity index is 1050. The molecule has 1 fully saturated rings. The summed E-state index contributed by atoms with van der Waals surface area (Å²) in [6.45, 7) is 6.99. The zero-order chi connectivity index (χ0) is 21.6. The van der Waals surface area contributed by atoms with Gasteiger partial charge in [0.05, 0.1) is 18.2 Å². The maximum atomic E-state index is 13.1. The molecule has 5 nitrogen and oxygen atoms in total. The number of benzene rings is 2. The van der Waals surface area contributed by atoms with Gasteiger partial charge in [-0.15, -0.1) is 0 Å². The molecule has 3 aromatic rings. The Labute approximate surface area is 183 Å². The van der Waals surface area contributed by atoms with Gasteiger partial charge in [-0.1, -0.05) is 24.3 Å². The van der Waals surface area contributed by atoms with Crippen LogP contribution in [-0.4, -0.2) is 54.2 Å². The molecule has 2 aromatic carbocycles. The summed E-state index contributed by atoms with van der Waals surface area (Å²) in [7, 11) is 1.67. The average molecular weight is 421 g/mol. The molecule has 6 heteroatoms. The third-order valence-corrected chi connectivity index (χ3v) is 6.08. The first-order valence-electron chi connectivity index (χ1n) is 10.9. The summed E-state index contributed by atoms with van der Waals surface area (Å²) in [4.78, 5) is 4.98. The summed E-state index contributed by atoms with van der Waals surface area (Å²) < 4.78 is 20.8. The summed E-state index contributed by atoms with van der Waals surface area (Å²) in [5, 5.41) is 10.4. The zero-order valence-electron chi connectivity index (χ0n) is 18.1. The molecule has 1 saturated heterocycles. The Hall–Kier alpha value is -2.88. The number of ether oxygens (including phenoxy) is 1. The molecule has 2 heterocycles. The number of aryl methyl sites for hydroxylation is 1. The molecule has 4 rings (SSSR count). The summed E-state index contributed by atoms with van der Waals surface area (Å²) in [5.74, 6) is 0.631. The van der Waals surface area contributed by atoms with Crippen molar-refractivity contribution in [2.75, 3.05) is 39.8 Å². The lowest BCUT2D eigenvalue weighted by molar-refractivity contribution is 0.248. The number of fused-ring (bicyclic) bond motifs is 1. The van der Waals surface area contributed by atoms with Crippen molar-refractivity contribution in [2.24, 2.45) is 0 Å². The maximum Gasteiger partial charge on any atom is 0.143 e. The lowest BCUT2D eigenvalue weighted by Crippen LogP contribution is -2.31. The fourth-order valence-corrected chi connectivity index (χ4v) is 4.47. The van der Waals surface area contributed by atoms with Crippen LogP contribution >= 0.6 is 0 Å². The lowest BCUT2D eigenvalue weighted by atomic mass is 10.2. The SMILES string of the molecule is COc1cccc2c(C#N)cn(CCCN3CCCN(Cc4ccc(F)cc4)CC3)c12. The van der Waals surface area contributed by atoms with Crippen LogP contribution in [0.3, 0.4) is 0 Å². The predicted molar refractivity (Wildman–Crippen MR) is 121 cm³/mol. The van der Waals surface area contributed by atoms with Crippen molar-refractivity contribution in [2.45, 2.75) is 25.9 Å². The van der Waals surface area contributed by atoms with Crippen molar-refractivity contribution in [1.82, 2.24) is 14.4 Å². The minimum Gasteiger partial charge on any atom is -0.495 e. The molecule has 0 spiro atoms. The van der Waals surface area contributed by atoms with Crippen LogP contribution in [0.4, 0.5) is 4.39 Å². The zero-order valence-corrected chi connectivity index (χ0v) is 18.1. The van der Waals surface area contributed by atoms with Crippen LogP contribution in [0.1, 0.15) is 24.0 Å². The van der Waals surface area contributed by atoms with Crippen LogP contribution in [0.25, 0.3) is 10.9 Å². The Morgan fingerprint density at radius 2 is 1.77 bits per heavy atom. The number of nitrogens with zero attached hydrogens (tertiary/aromatic N) is 4. The van der Waals surface area contributed by atoms with Crippen LogP contribution in [0.5, 0.6) is 5.75 Å². The molecule has 0 unspecified atom stereocenters. The van der Waals surface area contributed by atoms with E-state index in [-0.39, 0.29) is 5.82 Å². The van der Waals surface area contributed by atoms with E-state index in [1.54, 1.807) is 7.11 Å². The van der Waals surface area contributed by atoms with Gasteiger partial charge in [0.25, 0.3) is 0 Å². The van der Waals surface area contributed by atoms with Crippen molar-refractivity contribution in [3.8, 4) is 11.8 Å². The van der Waals surface area contributed by atoms with Crippen molar-refractivity contribution in [3.05, 3.63) is 65.6 Å². The fraction of sp³-hybridized carbons (Fsp3) is 0.400. The highest BCUT2D eigenvalue weighted by Gasteiger charge is 2.16. The number of para-hydroxylation sites is 1. The molecule has 0 bridgehead atoms. The third-order valence-electron chi connectivity index (χ3n) is 6.08. The molecule has 1 aliphatic rings. The van der Waals surface area contributed by atoms with Gasteiger partial charge in [-0.05, 0) is 56.2 Å². The van der Waals surface area contributed by atoms with Gasteiger partial charge in [0, 0.05) is 37.8 Å². The number of hydrogen-bond donors (Lipinski definition) is 0. The van der Waals surface area contributed by atoms with E-state index in [4.69, 9.17) is 4.74 Å². The molecule has 0 atom stereocenters. The van der Waals surface area contributed by atoms with Crippen LogP contribution in [0, 0.1) is 17.1 Å². The number of halogens is 1. The van der Waals surface area contributed by atoms with Gasteiger partial charge >= 0.3 is 0 Å². The molecule has 0 aliphatic carbocycles. The van der Waals surface area contributed by atoms with E-state index in [1.165, 1.54) is 12.1 Å². The molecule has 31 heavy (non-hydrogen) atoms. The summed E-state index contributed by atoms with van der Waals surface area (Å²) in [6.07, 6.45) is 4.10. The first-order valence-corrected chi connectivity index (χ1v) is 10.9. The van der Waals surface area contributed by atoms with E-state index in [0.29, 0.717) is 5.56 Å². The van der Waals surface area contributed by atoms with Gasteiger partial charge < -0.3 is 14.2 Å². The number of rotatable bonds is 7. The molecule has 1 aromatic heterocycles. The standard InChI is InChI=1S/C25H29FN4O/c1-31-24-6-2-5-23-21(17-27)19-30(25(23)24)14-4-12-28-11-3-13-29(16-15-28)18-20-7-9-22(26)10-8-20/h2,5-10,19H,3-4,11-16,18H2,1H3. The first kappa shape index (κ1) is 21.4. The quantitative estimate of drug-likeness (QED) is 0.573. The molecule has 1 aliphatic heterocycles. The van der Waals surface area contributed by atoms with E-state index >= 15 is 0 Å². The minimum absolute atomic E-state index is 0.180. The van der Waals surface area contributed by atoms with Crippen LogP contribution in [0.2, 0.25) is 0 Å². The van der Waals surface area contributed by atoms with E-state index in [0.717, 1.165) is 80.9 Å². The summed E-state index contributed by atoms with van der Waals surface area (Å²) >= 11 is 0. The molecular formula is C25H29FN4O. The molecule has 0 amide bonds. The van der Waals surface area contributed by atoms with E-state index in [9.17, 15) is 9.65 Å². The molecular weight excluding hydrogens is 391 g/mol. The minimum atomic E-state index is -0.180. The number of nitriles is 1. The average Bonchev–Trinajstić information content (AvgIpc) is 3.00. The van der Waals surface area contributed by atoms with Gasteiger partial charge in [0.2, 0.25) is 0 Å². The van der Waals surface area contributed by atoms with Crippen molar-refractivity contribution < 1.29 is 9.13 Å². The summed E-state index contributed by atoms with van der Waals surface area (Å²) in [6, 6.07) is 15.0. The Morgan fingerprint density at radius 3 is 2.55 bits per heavy atom. The molecule has 0 N–H and O–H groups in total. The maximum absolute atomic E-state index is 13.1. The molecule has 0 radical (unpaired) electrons. The Balaban J connectivity index is 1.32. The Morgan fingerprint density at radius 1 is 1.00 bits per heavy atom. The Kier molecular flexibility index (Phi) is 6.86. The second kappa shape index (κ2) is 9.95. The monoisotopic (exact) mass is 420 g/mol. The number of hydrogen-bond acceptors (Lipinski definition) is 4. The van der Waals surface area contributed by atoms with Gasteiger partial charge in [-0.2, -0.15) is 5.26 Å². The third kappa shape index (κ3) is 5.07. The van der Waals surface area contributed by atoms with Crippen LogP contribution < -0.4 is 4.74 Å². The normalized spacial score (nSPS) is 15.6. The van der Waals surface area contributed by atoms with Crippen LogP contribution in [0.15, 0.2) is 48.7 Å². The van der Waals surface area contributed by atoms with Gasteiger partial charge in [0.1, 0.15) is 17.6 Å². The highest BCUT2D eigenvalue weighted by Crippen LogP contribution is 2.29. The second-order valence-electron chi connectivity index (χ2n) is 8.16. The topological polar surface area (TPSA) is 44.4 Å². The van der Waals surface area contributed by atoms with E-state index < -0.39 is 0 Å². The van der Waals surface area contributed by atoms with Gasteiger partial charge in [0.15, 0.2) is 0 Å². The van der Waals surface area contributed by atoms with Crippen LogP contribution in [-0.2, 0) is 13.1 Å². The predicted octanol–water partition coefficient (Wildman–Crippen LogP) is 4.26. The number of aromatic nitrogens is 1. The van der Waals surface area contributed by atoms with Gasteiger partial charge in [-0.25, -0.2) is 4.39 Å². The van der Waals surface area contributed by atoms with Crippen molar-refractivity contribution >= 4 is 10.9 Å². The second-order valence-corrected chi connectivity index (χ2v) is 8.16.